The van der Waals surface area contributed by atoms with Crippen LogP contribution >= 0.6 is 0 Å². The summed E-state index contributed by atoms with van der Waals surface area (Å²) in [7, 11) is 0. The maximum absolute atomic E-state index is 12.2. The van der Waals surface area contributed by atoms with E-state index in [9.17, 15) is 4.79 Å². The Labute approximate surface area is 122 Å². The molecule has 1 amide bonds. The smallest absolute Gasteiger partial charge is 0.236 e. The fraction of sp³-hybridized carbons (Fsp3) is 0.588. The molecule has 2 rings (SSSR count). The quantitative estimate of drug-likeness (QED) is 0.829. The highest BCUT2D eigenvalue weighted by Crippen LogP contribution is 2.17. The van der Waals surface area contributed by atoms with Crippen molar-refractivity contribution >= 4 is 5.91 Å². The summed E-state index contributed by atoms with van der Waals surface area (Å²) in [6.07, 6.45) is 5.99. The summed E-state index contributed by atoms with van der Waals surface area (Å²) in [6, 6.07) is 10.9. The number of nitrogens with zero attached hydrogens (tertiary/aromatic N) is 1. The second kappa shape index (κ2) is 8.05. The predicted molar refractivity (Wildman–Crippen MR) is 82.7 cm³/mol. The van der Waals surface area contributed by atoms with Crippen LogP contribution in [0.3, 0.4) is 0 Å². The van der Waals surface area contributed by atoms with Crippen LogP contribution in [-0.2, 0) is 11.2 Å². The molecule has 0 heterocycles. The zero-order valence-electron chi connectivity index (χ0n) is 12.5. The topological polar surface area (TPSA) is 32.3 Å². The number of likely N-dealkylation sites (N-methyl/N-ethyl adjacent to an activating group) is 1. The summed E-state index contributed by atoms with van der Waals surface area (Å²) in [6.45, 7) is 4.15. The van der Waals surface area contributed by atoms with Crippen molar-refractivity contribution in [2.75, 3.05) is 19.6 Å². The van der Waals surface area contributed by atoms with Crippen molar-refractivity contribution < 1.29 is 4.79 Å². The van der Waals surface area contributed by atoms with E-state index in [1.807, 2.05) is 11.0 Å². The van der Waals surface area contributed by atoms with E-state index in [0.29, 0.717) is 12.6 Å². The summed E-state index contributed by atoms with van der Waals surface area (Å²) in [5.74, 6) is 0.232. The Morgan fingerprint density at radius 2 is 1.95 bits per heavy atom. The molecule has 0 saturated heterocycles. The first-order chi connectivity index (χ1) is 9.79. The summed E-state index contributed by atoms with van der Waals surface area (Å²) >= 11 is 0. The first-order valence-electron chi connectivity index (χ1n) is 7.84. The summed E-state index contributed by atoms with van der Waals surface area (Å²) in [4.78, 5) is 14.2. The van der Waals surface area contributed by atoms with Crippen LogP contribution in [0.15, 0.2) is 30.3 Å². The molecule has 1 aromatic rings. The third-order valence-electron chi connectivity index (χ3n) is 4.14. The second-order valence-electron chi connectivity index (χ2n) is 5.57. The van der Waals surface area contributed by atoms with Crippen LogP contribution in [0.5, 0.6) is 0 Å². The van der Waals surface area contributed by atoms with E-state index >= 15 is 0 Å². The Morgan fingerprint density at radius 1 is 1.25 bits per heavy atom. The van der Waals surface area contributed by atoms with Crippen molar-refractivity contribution in [3.05, 3.63) is 35.9 Å². The van der Waals surface area contributed by atoms with Crippen LogP contribution in [0.2, 0.25) is 0 Å². The lowest BCUT2D eigenvalue weighted by Crippen LogP contribution is -2.41. The van der Waals surface area contributed by atoms with Gasteiger partial charge in [-0.2, -0.15) is 0 Å². The molecule has 110 valence electrons. The minimum Gasteiger partial charge on any atom is -0.342 e. The van der Waals surface area contributed by atoms with Crippen LogP contribution in [0, 0.1) is 0 Å². The third-order valence-corrected chi connectivity index (χ3v) is 4.14. The van der Waals surface area contributed by atoms with E-state index in [1.54, 1.807) is 0 Å². The molecular formula is C17H26N2O. The van der Waals surface area contributed by atoms with Gasteiger partial charge in [-0.1, -0.05) is 43.2 Å². The van der Waals surface area contributed by atoms with Gasteiger partial charge in [0.2, 0.25) is 5.91 Å². The van der Waals surface area contributed by atoms with E-state index in [-0.39, 0.29) is 5.91 Å². The third kappa shape index (κ3) is 4.64. The first kappa shape index (κ1) is 15.0. The Balaban J connectivity index is 1.73. The zero-order chi connectivity index (χ0) is 14.2. The van der Waals surface area contributed by atoms with E-state index in [4.69, 9.17) is 0 Å². The number of rotatable bonds is 7. The Morgan fingerprint density at radius 3 is 2.60 bits per heavy atom. The minimum absolute atomic E-state index is 0.232. The summed E-state index contributed by atoms with van der Waals surface area (Å²) < 4.78 is 0. The zero-order valence-corrected chi connectivity index (χ0v) is 12.5. The predicted octanol–water partition coefficient (Wildman–Crippen LogP) is 2.61. The Bertz CT molecular complexity index is 399. The van der Waals surface area contributed by atoms with Crippen LogP contribution in [0.1, 0.15) is 38.2 Å². The molecule has 0 atom stereocenters. The molecule has 0 radical (unpaired) electrons. The largest absolute Gasteiger partial charge is 0.342 e. The highest BCUT2D eigenvalue weighted by Gasteiger charge is 2.17. The molecule has 1 fully saturated rings. The molecule has 20 heavy (non-hydrogen) atoms. The lowest BCUT2D eigenvalue weighted by Gasteiger charge is -2.22. The summed E-state index contributed by atoms with van der Waals surface area (Å²) in [5.41, 5.74) is 1.29. The maximum Gasteiger partial charge on any atom is 0.236 e. The average Bonchev–Trinajstić information content (AvgIpc) is 3.00. The van der Waals surface area contributed by atoms with E-state index in [2.05, 4.69) is 36.5 Å². The Hall–Kier alpha value is -1.35. The van der Waals surface area contributed by atoms with Gasteiger partial charge in [0.25, 0.3) is 0 Å². The van der Waals surface area contributed by atoms with Gasteiger partial charge in [0.05, 0.1) is 6.54 Å². The van der Waals surface area contributed by atoms with Gasteiger partial charge in [0.15, 0.2) is 0 Å². The molecule has 1 aromatic carbocycles. The number of carbonyl (C=O) groups excluding carboxylic acids is 1. The lowest BCUT2D eigenvalue weighted by atomic mass is 10.1. The first-order valence-corrected chi connectivity index (χ1v) is 7.84. The number of nitrogens with one attached hydrogen (secondary N) is 1. The van der Waals surface area contributed by atoms with Gasteiger partial charge in [-0.15, -0.1) is 0 Å². The average molecular weight is 274 g/mol. The van der Waals surface area contributed by atoms with E-state index < -0.39 is 0 Å². The minimum atomic E-state index is 0.232. The SMILES string of the molecule is CCN(CCc1ccccc1)C(=O)CNC1CCCC1. The second-order valence-corrected chi connectivity index (χ2v) is 5.57. The van der Waals surface area contributed by atoms with E-state index in [1.165, 1.54) is 31.2 Å². The van der Waals surface area contributed by atoms with Crippen molar-refractivity contribution in [2.45, 2.75) is 45.1 Å². The number of carbonyl (C=O) groups is 1. The number of hydrogen-bond acceptors (Lipinski definition) is 2. The highest BCUT2D eigenvalue weighted by atomic mass is 16.2. The number of hydrogen-bond donors (Lipinski definition) is 1. The standard InChI is InChI=1S/C17H26N2O/c1-2-19(13-12-15-8-4-3-5-9-15)17(20)14-18-16-10-6-7-11-16/h3-5,8-9,16,18H,2,6-7,10-14H2,1H3. The molecule has 0 bridgehead atoms. The molecule has 0 spiro atoms. The highest BCUT2D eigenvalue weighted by molar-refractivity contribution is 5.78. The molecule has 1 N–H and O–H groups in total. The molecule has 0 aliphatic heterocycles. The van der Waals surface area contributed by atoms with Gasteiger partial charge in [-0.05, 0) is 31.7 Å². The van der Waals surface area contributed by atoms with Crippen molar-refractivity contribution in [1.29, 1.82) is 0 Å². The van der Waals surface area contributed by atoms with Crippen molar-refractivity contribution in [1.82, 2.24) is 10.2 Å². The van der Waals surface area contributed by atoms with Crippen molar-refractivity contribution in [3.63, 3.8) is 0 Å². The van der Waals surface area contributed by atoms with Crippen LogP contribution < -0.4 is 5.32 Å². The van der Waals surface area contributed by atoms with E-state index in [0.717, 1.165) is 19.5 Å². The molecule has 0 aromatic heterocycles. The van der Waals surface area contributed by atoms with Gasteiger partial charge >= 0.3 is 0 Å². The van der Waals surface area contributed by atoms with Crippen LogP contribution in [-0.4, -0.2) is 36.5 Å². The molecule has 0 unspecified atom stereocenters. The molecule has 3 nitrogen and oxygen atoms in total. The monoisotopic (exact) mass is 274 g/mol. The van der Waals surface area contributed by atoms with Crippen LogP contribution in [0.4, 0.5) is 0 Å². The number of amides is 1. The normalized spacial score (nSPS) is 15.4. The van der Waals surface area contributed by atoms with Crippen molar-refractivity contribution in [2.24, 2.45) is 0 Å². The van der Waals surface area contributed by atoms with Gasteiger partial charge in [0, 0.05) is 19.1 Å². The maximum atomic E-state index is 12.2. The van der Waals surface area contributed by atoms with Gasteiger partial charge < -0.3 is 10.2 Å². The molecular weight excluding hydrogens is 248 g/mol. The fourth-order valence-electron chi connectivity index (χ4n) is 2.84. The molecule has 1 saturated carbocycles. The lowest BCUT2D eigenvalue weighted by molar-refractivity contribution is -0.130. The summed E-state index contributed by atoms with van der Waals surface area (Å²) in [5, 5.41) is 3.40. The number of benzene rings is 1. The van der Waals surface area contributed by atoms with Gasteiger partial charge in [-0.3, -0.25) is 4.79 Å². The van der Waals surface area contributed by atoms with Gasteiger partial charge in [0.1, 0.15) is 0 Å². The Kier molecular flexibility index (Phi) is 6.06. The molecule has 3 heteroatoms. The molecule has 1 aliphatic rings. The fourth-order valence-corrected chi connectivity index (χ4v) is 2.84. The van der Waals surface area contributed by atoms with Crippen molar-refractivity contribution in [3.8, 4) is 0 Å². The molecule has 1 aliphatic carbocycles. The van der Waals surface area contributed by atoms with Crippen LogP contribution in [0.25, 0.3) is 0 Å². The van der Waals surface area contributed by atoms with Gasteiger partial charge in [-0.25, -0.2) is 0 Å².